The van der Waals surface area contributed by atoms with Crippen LogP contribution < -0.4 is 0 Å². The summed E-state index contributed by atoms with van der Waals surface area (Å²) >= 11 is 0. The number of aromatic amines is 1. The smallest absolute Gasteiger partial charge is 0.0471 e. The molecular weight excluding hydrogens is 150 g/mol. The number of nitrogens with one attached hydrogen (secondary N) is 1. The summed E-state index contributed by atoms with van der Waals surface area (Å²) in [5.74, 6) is 0. The van der Waals surface area contributed by atoms with Crippen LogP contribution in [0.4, 0.5) is 0 Å². The first-order valence-corrected chi connectivity index (χ1v) is 4.06. The molecule has 0 atom stereocenters. The molecule has 12 heavy (non-hydrogen) atoms. The van der Waals surface area contributed by atoms with Gasteiger partial charge in [-0.2, -0.15) is 0 Å². The Morgan fingerprint density at radius 2 is 2.00 bits per heavy atom. The first-order chi connectivity index (χ1) is 5.90. The van der Waals surface area contributed by atoms with E-state index in [1.165, 1.54) is 16.3 Å². The lowest BCUT2D eigenvalue weighted by atomic mass is 10.1. The van der Waals surface area contributed by atoms with Gasteiger partial charge in [0.15, 0.2) is 0 Å². The second kappa shape index (κ2) is 2.99. The summed E-state index contributed by atoms with van der Waals surface area (Å²) in [5.41, 5.74) is 1.18. The minimum atomic E-state index is 0.218. The third-order valence-corrected chi connectivity index (χ3v) is 2.03. The first-order valence-electron chi connectivity index (χ1n) is 4.06. The molecule has 0 amide bonds. The van der Waals surface area contributed by atoms with Crippen molar-refractivity contribution in [3.63, 3.8) is 0 Å². The second-order valence-electron chi connectivity index (χ2n) is 2.89. The Morgan fingerprint density at radius 3 is 2.83 bits per heavy atom. The van der Waals surface area contributed by atoms with Gasteiger partial charge in [-0.1, -0.05) is 12.1 Å². The highest BCUT2D eigenvalue weighted by atomic mass is 16.2. The normalized spacial score (nSPS) is 10.8. The van der Waals surface area contributed by atoms with Gasteiger partial charge in [0.2, 0.25) is 0 Å². The third kappa shape index (κ3) is 1.21. The van der Waals surface area contributed by atoms with Crippen LogP contribution in [0.5, 0.6) is 0 Å². The van der Waals surface area contributed by atoms with E-state index in [0.717, 1.165) is 6.42 Å². The molecule has 2 aromatic rings. The molecule has 0 saturated heterocycles. The van der Waals surface area contributed by atoms with Crippen LogP contribution in [0.3, 0.4) is 0 Å². The van der Waals surface area contributed by atoms with Crippen molar-refractivity contribution in [1.82, 2.24) is 4.98 Å². The maximum absolute atomic E-state index is 8.73. The monoisotopic (exact) mass is 161 g/mol. The van der Waals surface area contributed by atoms with Crippen LogP contribution in [-0.4, -0.2) is 16.7 Å². The Labute approximate surface area is 70.8 Å². The van der Waals surface area contributed by atoms with Crippen LogP contribution in [-0.2, 0) is 6.42 Å². The van der Waals surface area contributed by atoms with E-state index in [2.05, 4.69) is 17.1 Å². The number of aromatic nitrogens is 1. The molecule has 62 valence electrons. The molecule has 2 nitrogen and oxygen atoms in total. The van der Waals surface area contributed by atoms with E-state index in [9.17, 15) is 0 Å². The quantitative estimate of drug-likeness (QED) is 0.691. The molecule has 0 spiro atoms. The Hall–Kier alpha value is -1.28. The van der Waals surface area contributed by atoms with Crippen LogP contribution >= 0.6 is 0 Å². The number of fused-ring (bicyclic) bond motifs is 1. The molecule has 0 bridgehead atoms. The topological polar surface area (TPSA) is 36.0 Å². The molecule has 0 unspecified atom stereocenters. The zero-order chi connectivity index (χ0) is 8.39. The number of aliphatic hydroxyl groups is 1. The van der Waals surface area contributed by atoms with Crippen molar-refractivity contribution in [2.24, 2.45) is 0 Å². The van der Waals surface area contributed by atoms with E-state index in [0.29, 0.717) is 0 Å². The first kappa shape index (κ1) is 7.37. The summed E-state index contributed by atoms with van der Waals surface area (Å²) in [7, 11) is 0. The molecule has 1 aromatic heterocycles. The molecule has 1 heterocycles. The van der Waals surface area contributed by atoms with Crippen molar-refractivity contribution in [2.45, 2.75) is 6.42 Å². The number of H-pyrrole nitrogens is 1. The maximum atomic E-state index is 8.73. The number of benzene rings is 1. The molecule has 2 heteroatoms. The number of aliphatic hydroxyl groups excluding tert-OH is 1. The lowest BCUT2D eigenvalue weighted by Crippen LogP contribution is -1.88. The van der Waals surface area contributed by atoms with Crippen molar-refractivity contribution >= 4 is 10.8 Å². The minimum Gasteiger partial charge on any atom is -0.396 e. The maximum Gasteiger partial charge on any atom is 0.0471 e. The van der Waals surface area contributed by atoms with Gasteiger partial charge < -0.3 is 10.1 Å². The van der Waals surface area contributed by atoms with E-state index in [4.69, 9.17) is 5.11 Å². The largest absolute Gasteiger partial charge is 0.396 e. The molecule has 2 N–H and O–H groups in total. The van der Waals surface area contributed by atoms with Gasteiger partial charge in [0.25, 0.3) is 0 Å². The fourth-order valence-corrected chi connectivity index (χ4v) is 1.39. The van der Waals surface area contributed by atoms with Crippen molar-refractivity contribution in [1.29, 1.82) is 0 Å². The summed E-state index contributed by atoms with van der Waals surface area (Å²) < 4.78 is 0. The summed E-state index contributed by atoms with van der Waals surface area (Å²) in [5, 5.41) is 11.2. The predicted octanol–water partition coefficient (Wildman–Crippen LogP) is 1.70. The zero-order valence-corrected chi connectivity index (χ0v) is 6.75. The zero-order valence-electron chi connectivity index (χ0n) is 6.75. The molecule has 0 radical (unpaired) electrons. The van der Waals surface area contributed by atoms with E-state index in [1.54, 1.807) is 0 Å². The van der Waals surface area contributed by atoms with E-state index >= 15 is 0 Å². The van der Waals surface area contributed by atoms with E-state index < -0.39 is 0 Å². The third-order valence-electron chi connectivity index (χ3n) is 2.03. The van der Waals surface area contributed by atoms with Crippen LogP contribution in [0, 0.1) is 0 Å². The van der Waals surface area contributed by atoms with Gasteiger partial charge in [0, 0.05) is 19.0 Å². The molecule has 2 rings (SSSR count). The fourth-order valence-electron chi connectivity index (χ4n) is 1.39. The predicted molar refractivity (Wildman–Crippen MR) is 49.1 cm³/mol. The number of hydrogen-bond acceptors (Lipinski definition) is 1. The van der Waals surface area contributed by atoms with Gasteiger partial charge in [-0.15, -0.1) is 0 Å². The van der Waals surface area contributed by atoms with Crippen LogP contribution in [0.2, 0.25) is 0 Å². The second-order valence-corrected chi connectivity index (χ2v) is 2.89. The van der Waals surface area contributed by atoms with Crippen LogP contribution in [0.25, 0.3) is 10.8 Å². The highest BCUT2D eigenvalue weighted by molar-refractivity contribution is 5.82. The highest BCUT2D eigenvalue weighted by Gasteiger charge is 1.95. The minimum absolute atomic E-state index is 0.218. The highest BCUT2D eigenvalue weighted by Crippen LogP contribution is 2.15. The Kier molecular flexibility index (Phi) is 1.84. The average molecular weight is 161 g/mol. The van der Waals surface area contributed by atoms with Crippen LogP contribution in [0.15, 0.2) is 30.6 Å². The lowest BCUT2D eigenvalue weighted by Gasteiger charge is -1.96. The van der Waals surface area contributed by atoms with E-state index in [-0.39, 0.29) is 6.61 Å². The SMILES string of the molecule is OCCc1ccc2c[nH]cc2c1. The van der Waals surface area contributed by atoms with Gasteiger partial charge in [0.1, 0.15) is 0 Å². The molecule has 0 aliphatic rings. The van der Waals surface area contributed by atoms with Gasteiger partial charge >= 0.3 is 0 Å². The average Bonchev–Trinajstić information content (AvgIpc) is 2.51. The van der Waals surface area contributed by atoms with Gasteiger partial charge in [0.05, 0.1) is 0 Å². The Balaban J connectivity index is 2.46. The molecule has 0 aliphatic carbocycles. The van der Waals surface area contributed by atoms with Crippen LogP contribution in [0.1, 0.15) is 5.56 Å². The van der Waals surface area contributed by atoms with Gasteiger partial charge in [-0.3, -0.25) is 0 Å². The van der Waals surface area contributed by atoms with Crippen molar-refractivity contribution < 1.29 is 5.11 Å². The summed E-state index contributed by atoms with van der Waals surface area (Å²) in [6.07, 6.45) is 4.68. The molecule has 1 aromatic carbocycles. The summed E-state index contributed by atoms with van der Waals surface area (Å²) in [6, 6.07) is 6.21. The number of hydrogen-bond donors (Lipinski definition) is 2. The van der Waals surface area contributed by atoms with Crippen molar-refractivity contribution in [3.8, 4) is 0 Å². The van der Waals surface area contributed by atoms with Crippen molar-refractivity contribution in [2.75, 3.05) is 6.61 Å². The standard InChI is InChI=1S/C10H11NO/c12-4-3-8-1-2-9-6-11-7-10(9)5-8/h1-2,5-7,11-12H,3-4H2. The Bertz CT molecular complexity index is 378. The fraction of sp³-hybridized carbons (Fsp3) is 0.200. The molecule has 0 saturated carbocycles. The molecular formula is C10H11NO. The van der Waals surface area contributed by atoms with Gasteiger partial charge in [-0.05, 0) is 28.8 Å². The number of rotatable bonds is 2. The molecule has 0 fully saturated rings. The summed E-state index contributed by atoms with van der Waals surface area (Å²) in [4.78, 5) is 3.04. The van der Waals surface area contributed by atoms with E-state index in [1.807, 2.05) is 18.5 Å². The summed E-state index contributed by atoms with van der Waals surface area (Å²) in [6.45, 7) is 0.218. The molecule has 0 aliphatic heterocycles. The lowest BCUT2D eigenvalue weighted by molar-refractivity contribution is 0.299. The Morgan fingerprint density at radius 1 is 1.17 bits per heavy atom. The van der Waals surface area contributed by atoms with Gasteiger partial charge in [-0.25, -0.2) is 0 Å². The van der Waals surface area contributed by atoms with Crippen molar-refractivity contribution in [3.05, 3.63) is 36.2 Å².